The van der Waals surface area contributed by atoms with E-state index in [1.807, 2.05) is 0 Å². The van der Waals surface area contributed by atoms with Crippen molar-refractivity contribution in [3.8, 4) is 0 Å². The molecule has 8 unspecified atom stereocenters. The maximum Gasteiger partial charge on any atom is 0.302 e. The molecule has 5 rings (SSSR count). The Kier molecular flexibility index (Phi) is 2.32. The molecule has 0 aromatic rings. The van der Waals surface area contributed by atoms with Gasteiger partial charge in [-0.3, -0.25) is 4.79 Å². The van der Waals surface area contributed by atoms with Crippen molar-refractivity contribution in [1.29, 1.82) is 0 Å². The molecule has 5 saturated carbocycles. The summed E-state index contributed by atoms with van der Waals surface area (Å²) in [4.78, 5) is 11.3. The molecule has 0 saturated heterocycles. The summed E-state index contributed by atoms with van der Waals surface area (Å²) in [6, 6.07) is 0. The molecular weight excluding hydrogens is 268 g/mol. The Morgan fingerprint density at radius 3 is 2.43 bits per heavy atom. The van der Waals surface area contributed by atoms with E-state index in [1.165, 1.54) is 6.92 Å². The molecule has 0 heterocycles. The molecule has 2 N–H and O–H groups in total. The molecular formula is C17H26O4. The van der Waals surface area contributed by atoms with Gasteiger partial charge in [0.25, 0.3) is 0 Å². The Balaban J connectivity index is 1.83. The standard InChI is InChI=1S/C17H26O4/c1-9(18)21-8-14(2)6-5-7-15(3)11-10-12(19)17(14,15)13(20)16(10,11)4/h10-13,19-20H,5-8H2,1-4H3. The predicted molar refractivity (Wildman–Crippen MR) is 76.2 cm³/mol. The maximum absolute atomic E-state index is 11.3. The lowest BCUT2D eigenvalue weighted by Crippen LogP contribution is -2.61. The SMILES string of the molecule is CC(=O)OCC1(C)CCCC2(C)C3C4C(O)C12C(O)C43C. The number of rotatable bonds is 2. The minimum atomic E-state index is -0.516. The number of carbonyl (C=O) groups is 1. The van der Waals surface area contributed by atoms with Gasteiger partial charge in [-0.15, -0.1) is 0 Å². The van der Waals surface area contributed by atoms with Crippen LogP contribution in [0.5, 0.6) is 0 Å². The molecule has 1 spiro atoms. The number of aliphatic hydroxyl groups is 2. The van der Waals surface area contributed by atoms with Crippen LogP contribution in [0.25, 0.3) is 0 Å². The summed E-state index contributed by atoms with van der Waals surface area (Å²) in [6.45, 7) is 8.24. The van der Waals surface area contributed by atoms with Crippen molar-refractivity contribution in [1.82, 2.24) is 0 Å². The number of hydrogen-bond acceptors (Lipinski definition) is 4. The lowest BCUT2D eigenvalue weighted by atomic mass is 9.47. The lowest BCUT2D eigenvalue weighted by molar-refractivity contribution is -0.201. The van der Waals surface area contributed by atoms with Crippen LogP contribution in [0.3, 0.4) is 0 Å². The number of esters is 1. The molecule has 0 amide bonds. The molecule has 8 atom stereocenters. The predicted octanol–water partition coefficient (Wildman–Crippen LogP) is 1.73. The fraction of sp³-hybridized carbons (Fsp3) is 0.941. The molecule has 4 nitrogen and oxygen atoms in total. The summed E-state index contributed by atoms with van der Waals surface area (Å²) in [5.74, 6) is 0.370. The zero-order chi connectivity index (χ0) is 15.4. The van der Waals surface area contributed by atoms with E-state index in [1.54, 1.807) is 0 Å². The van der Waals surface area contributed by atoms with E-state index in [0.717, 1.165) is 19.3 Å². The Labute approximate surface area is 125 Å². The molecule has 118 valence electrons. The number of carbonyl (C=O) groups excluding carboxylic acids is 1. The molecule has 5 aliphatic carbocycles. The molecule has 5 aliphatic rings. The average molecular weight is 294 g/mol. The van der Waals surface area contributed by atoms with Crippen molar-refractivity contribution < 1.29 is 19.7 Å². The smallest absolute Gasteiger partial charge is 0.302 e. The molecule has 4 bridgehead atoms. The fourth-order valence-electron chi connectivity index (χ4n) is 7.61. The molecule has 0 aromatic carbocycles. The summed E-state index contributed by atoms with van der Waals surface area (Å²) < 4.78 is 5.36. The summed E-state index contributed by atoms with van der Waals surface area (Å²) in [5.41, 5.74) is -1.02. The van der Waals surface area contributed by atoms with E-state index in [4.69, 9.17) is 4.74 Å². The first-order valence-corrected chi connectivity index (χ1v) is 8.17. The Bertz CT molecular complexity index is 533. The van der Waals surface area contributed by atoms with Gasteiger partial charge in [0.05, 0.1) is 18.8 Å². The summed E-state index contributed by atoms with van der Waals surface area (Å²) in [7, 11) is 0. The van der Waals surface area contributed by atoms with Gasteiger partial charge in [-0.1, -0.05) is 27.2 Å². The second kappa shape index (κ2) is 3.48. The van der Waals surface area contributed by atoms with Crippen LogP contribution < -0.4 is 0 Å². The van der Waals surface area contributed by atoms with Gasteiger partial charge < -0.3 is 14.9 Å². The van der Waals surface area contributed by atoms with Crippen LogP contribution in [0.15, 0.2) is 0 Å². The van der Waals surface area contributed by atoms with Gasteiger partial charge in [-0.05, 0) is 30.1 Å². The summed E-state index contributed by atoms with van der Waals surface area (Å²) in [6.07, 6.45) is 2.09. The fourth-order valence-corrected chi connectivity index (χ4v) is 7.61. The third kappa shape index (κ3) is 1.09. The first-order chi connectivity index (χ1) is 9.68. The highest BCUT2D eigenvalue weighted by Crippen LogP contribution is 2.94. The quantitative estimate of drug-likeness (QED) is 0.761. The van der Waals surface area contributed by atoms with Crippen molar-refractivity contribution in [2.24, 2.45) is 33.5 Å². The minimum absolute atomic E-state index is 0.0294. The Morgan fingerprint density at radius 2 is 1.90 bits per heavy atom. The maximum atomic E-state index is 11.3. The van der Waals surface area contributed by atoms with Crippen LogP contribution in [-0.4, -0.2) is 35.0 Å². The van der Waals surface area contributed by atoms with E-state index < -0.39 is 17.6 Å². The van der Waals surface area contributed by atoms with Crippen molar-refractivity contribution in [3.05, 3.63) is 0 Å². The second-order valence-electron chi connectivity index (χ2n) is 8.70. The summed E-state index contributed by atoms with van der Waals surface area (Å²) in [5, 5.41) is 22.2. The van der Waals surface area contributed by atoms with Gasteiger partial charge in [-0.2, -0.15) is 0 Å². The van der Waals surface area contributed by atoms with Crippen LogP contribution in [0, 0.1) is 33.5 Å². The van der Waals surface area contributed by atoms with E-state index in [2.05, 4.69) is 20.8 Å². The Hall–Kier alpha value is -0.610. The van der Waals surface area contributed by atoms with Gasteiger partial charge in [-0.25, -0.2) is 0 Å². The van der Waals surface area contributed by atoms with Crippen molar-refractivity contribution >= 4 is 5.97 Å². The van der Waals surface area contributed by atoms with Crippen LogP contribution in [0.2, 0.25) is 0 Å². The molecule has 0 radical (unpaired) electrons. The van der Waals surface area contributed by atoms with Gasteiger partial charge in [0.15, 0.2) is 0 Å². The number of aliphatic hydroxyl groups excluding tert-OH is 2. The van der Waals surface area contributed by atoms with Crippen molar-refractivity contribution in [2.75, 3.05) is 6.61 Å². The lowest BCUT2D eigenvalue weighted by Gasteiger charge is -2.58. The highest BCUT2D eigenvalue weighted by Gasteiger charge is 2.97. The highest BCUT2D eigenvalue weighted by molar-refractivity contribution is 5.66. The number of ether oxygens (including phenoxy) is 1. The van der Waals surface area contributed by atoms with Crippen molar-refractivity contribution in [2.45, 2.75) is 59.2 Å². The summed E-state index contributed by atoms with van der Waals surface area (Å²) >= 11 is 0. The second-order valence-corrected chi connectivity index (χ2v) is 8.70. The van der Waals surface area contributed by atoms with Gasteiger partial charge >= 0.3 is 5.97 Å². The first-order valence-electron chi connectivity index (χ1n) is 8.17. The average Bonchev–Trinajstić information content (AvgIpc) is 2.85. The van der Waals surface area contributed by atoms with Crippen LogP contribution in [0.1, 0.15) is 47.0 Å². The molecule has 21 heavy (non-hydrogen) atoms. The Morgan fingerprint density at radius 1 is 1.24 bits per heavy atom. The van der Waals surface area contributed by atoms with Crippen LogP contribution >= 0.6 is 0 Å². The third-order valence-electron chi connectivity index (χ3n) is 8.11. The van der Waals surface area contributed by atoms with Gasteiger partial charge in [0.1, 0.15) is 0 Å². The van der Waals surface area contributed by atoms with Gasteiger partial charge in [0.2, 0.25) is 0 Å². The monoisotopic (exact) mass is 294 g/mol. The third-order valence-corrected chi connectivity index (χ3v) is 8.11. The molecule has 0 aromatic heterocycles. The topological polar surface area (TPSA) is 66.8 Å². The zero-order valence-electron chi connectivity index (χ0n) is 13.3. The van der Waals surface area contributed by atoms with Crippen LogP contribution in [0.4, 0.5) is 0 Å². The zero-order valence-corrected chi connectivity index (χ0v) is 13.3. The van der Waals surface area contributed by atoms with E-state index in [0.29, 0.717) is 12.5 Å². The van der Waals surface area contributed by atoms with E-state index >= 15 is 0 Å². The van der Waals surface area contributed by atoms with Crippen molar-refractivity contribution in [3.63, 3.8) is 0 Å². The minimum Gasteiger partial charge on any atom is -0.465 e. The molecule has 5 fully saturated rings. The largest absolute Gasteiger partial charge is 0.465 e. The normalized spacial score (nSPS) is 63.3. The van der Waals surface area contributed by atoms with Gasteiger partial charge in [0, 0.05) is 23.2 Å². The van der Waals surface area contributed by atoms with E-state index in [9.17, 15) is 15.0 Å². The van der Waals surface area contributed by atoms with Crippen LogP contribution in [-0.2, 0) is 9.53 Å². The molecule has 4 heteroatoms. The first kappa shape index (κ1) is 14.0. The van der Waals surface area contributed by atoms with E-state index in [-0.39, 0.29) is 28.1 Å². The molecule has 0 aliphatic heterocycles. The number of hydrogen-bond donors (Lipinski definition) is 2. The highest BCUT2D eigenvalue weighted by atomic mass is 16.5.